The van der Waals surface area contributed by atoms with Crippen LogP contribution in [0.5, 0.6) is 5.75 Å². The predicted molar refractivity (Wildman–Crippen MR) is 107 cm³/mol. The molecule has 0 spiro atoms. The zero-order valence-corrected chi connectivity index (χ0v) is 15.9. The van der Waals surface area contributed by atoms with Gasteiger partial charge in [0.15, 0.2) is 0 Å². The SMILES string of the molecule is CC=CN1CC[C@H](Oc2cncc(-c3ccc4c(c3)CCC(=O)N4C)c2)C1. The van der Waals surface area contributed by atoms with E-state index in [2.05, 4.69) is 40.4 Å². The fraction of sp³-hybridized carbons (Fsp3) is 0.364. The average molecular weight is 363 g/mol. The summed E-state index contributed by atoms with van der Waals surface area (Å²) in [5.41, 5.74) is 4.36. The van der Waals surface area contributed by atoms with Gasteiger partial charge in [0.05, 0.1) is 12.7 Å². The normalized spacial score (nSPS) is 19.6. The summed E-state index contributed by atoms with van der Waals surface area (Å²) in [6, 6.07) is 8.31. The van der Waals surface area contributed by atoms with Crippen LogP contribution in [0.1, 0.15) is 25.3 Å². The molecule has 1 aromatic heterocycles. The van der Waals surface area contributed by atoms with Crippen molar-refractivity contribution in [2.45, 2.75) is 32.3 Å². The van der Waals surface area contributed by atoms with Gasteiger partial charge in [0.1, 0.15) is 11.9 Å². The Morgan fingerprint density at radius 3 is 2.93 bits per heavy atom. The summed E-state index contributed by atoms with van der Waals surface area (Å²) in [5, 5.41) is 0. The number of benzene rings is 1. The molecule has 1 saturated heterocycles. The molecule has 0 saturated carbocycles. The highest BCUT2D eigenvalue weighted by molar-refractivity contribution is 5.96. The molecule has 140 valence electrons. The summed E-state index contributed by atoms with van der Waals surface area (Å²) in [7, 11) is 1.84. The molecule has 0 N–H and O–H groups in total. The minimum absolute atomic E-state index is 0.177. The van der Waals surface area contributed by atoms with E-state index in [0.717, 1.165) is 48.5 Å². The van der Waals surface area contributed by atoms with E-state index in [0.29, 0.717) is 6.42 Å². The zero-order valence-electron chi connectivity index (χ0n) is 15.9. The molecule has 0 aliphatic carbocycles. The third-order valence-corrected chi connectivity index (χ3v) is 5.31. The Hall–Kier alpha value is -2.82. The Kier molecular flexibility index (Phi) is 4.84. The maximum atomic E-state index is 11.9. The lowest BCUT2D eigenvalue weighted by Crippen LogP contribution is -2.30. The second-order valence-corrected chi connectivity index (χ2v) is 7.21. The summed E-state index contributed by atoms with van der Waals surface area (Å²) in [4.78, 5) is 20.3. The van der Waals surface area contributed by atoms with E-state index in [9.17, 15) is 4.79 Å². The Balaban J connectivity index is 1.52. The Bertz CT molecular complexity index is 878. The number of pyridine rings is 1. The number of anilines is 1. The molecule has 2 aromatic rings. The van der Waals surface area contributed by atoms with Crippen LogP contribution < -0.4 is 9.64 Å². The maximum Gasteiger partial charge on any atom is 0.227 e. The first kappa shape index (κ1) is 17.6. The molecule has 1 amide bonds. The maximum absolute atomic E-state index is 11.9. The van der Waals surface area contributed by atoms with E-state index in [4.69, 9.17) is 4.74 Å². The second kappa shape index (κ2) is 7.43. The Morgan fingerprint density at radius 1 is 1.19 bits per heavy atom. The van der Waals surface area contributed by atoms with Gasteiger partial charge in [-0.2, -0.15) is 0 Å². The summed E-state index contributed by atoms with van der Waals surface area (Å²) >= 11 is 0. The number of likely N-dealkylation sites (tertiary alicyclic amines) is 1. The van der Waals surface area contributed by atoms with Crippen LogP contribution in [-0.4, -0.2) is 42.0 Å². The summed E-state index contributed by atoms with van der Waals surface area (Å²) < 4.78 is 6.17. The number of amides is 1. The van der Waals surface area contributed by atoms with Gasteiger partial charge in [-0.05, 0) is 48.9 Å². The van der Waals surface area contributed by atoms with E-state index in [1.807, 2.05) is 26.2 Å². The number of aryl methyl sites for hydroxylation is 1. The molecule has 27 heavy (non-hydrogen) atoms. The van der Waals surface area contributed by atoms with E-state index >= 15 is 0 Å². The molecule has 2 aliphatic rings. The first-order chi connectivity index (χ1) is 13.1. The van der Waals surface area contributed by atoms with Crippen LogP contribution in [0.3, 0.4) is 0 Å². The van der Waals surface area contributed by atoms with Crippen LogP contribution in [0.25, 0.3) is 11.1 Å². The van der Waals surface area contributed by atoms with Crippen molar-refractivity contribution < 1.29 is 9.53 Å². The molecule has 0 unspecified atom stereocenters. The van der Waals surface area contributed by atoms with Crippen LogP contribution in [0.4, 0.5) is 5.69 Å². The molecule has 1 atom stereocenters. The van der Waals surface area contributed by atoms with Gasteiger partial charge in [-0.3, -0.25) is 9.78 Å². The predicted octanol–water partition coefficient (Wildman–Crippen LogP) is 3.64. The smallest absolute Gasteiger partial charge is 0.227 e. The summed E-state index contributed by atoms with van der Waals surface area (Å²) in [5.74, 6) is 0.987. The monoisotopic (exact) mass is 363 g/mol. The van der Waals surface area contributed by atoms with Gasteiger partial charge in [-0.25, -0.2) is 0 Å². The van der Waals surface area contributed by atoms with Crippen molar-refractivity contribution in [3.8, 4) is 16.9 Å². The highest BCUT2D eigenvalue weighted by atomic mass is 16.5. The number of hydrogen-bond acceptors (Lipinski definition) is 4. The molecule has 0 radical (unpaired) electrons. The Labute approximate surface area is 160 Å². The summed E-state index contributed by atoms with van der Waals surface area (Å²) in [6.07, 6.45) is 10.4. The third-order valence-electron chi connectivity index (χ3n) is 5.31. The van der Waals surface area contributed by atoms with E-state index < -0.39 is 0 Å². The highest BCUT2D eigenvalue weighted by Crippen LogP contribution is 2.32. The number of nitrogens with zero attached hydrogens (tertiary/aromatic N) is 3. The molecule has 1 aromatic carbocycles. The number of fused-ring (bicyclic) bond motifs is 1. The van der Waals surface area contributed by atoms with E-state index in [-0.39, 0.29) is 12.0 Å². The molecular weight excluding hydrogens is 338 g/mol. The molecular formula is C22H25N3O2. The molecule has 5 nitrogen and oxygen atoms in total. The fourth-order valence-corrected chi connectivity index (χ4v) is 3.87. The van der Waals surface area contributed by atoms with Crippen LogP contribution in [0.2, 0.25) is 0 Å². The number of carbonyl (C=O) groups is 1. The van der Waals surface area contributed by atoms with Crippen molar-refractivity contribution in [3.63, 3.8) is 0 Å². The molecule has 2 aliphatic heterocycles. The number of carbonyl (C=O) groups excluding carboxylic acids is 1. The fourth-order valence-electron chi connectivity index (χ4n) is 3.87. The minimum Gasteiger partial charge on any atom is -0.487 e. The molecule has 0 bridgehead atoms. The van der Waals surface area contributed by atoms with Crippen molar-refractivity contribution in [1.29, 1.82) is 0 Å². The number of rotatable bonds is 4. The lowest BCUT2D eigenvalue weighted by Gasteiger charge is -2.26. The Morgan fingerprint density at radius 2 is 2.07 bits per heavy atom. The standard InChI is InChI=1S/C22H25N3O2/c1-3-9-25-10-8-19(15-25)27-20-12-18(13-23-14-20)16-4-6-21-17(11-16)5-7-22(26)24(21)2/h3-4,6,9,11-14,19H,5,7-8,10,15H2,1-2H3/t19-/m0/s1. The van der Waals surface area contributed by atoms with Crippen molar-refractivity contribution in [3.05, 3.63) is 54.5 Å². The van der Waals surface area contributed by atoms with Gasteiger partial charge in [-0.1, -0.05) is 12.1 Å². The number of hydrogen-bond donors (Lipinski definition) is 0. The lowest BCUT2D eigenvalue weighted by atomic mass is 9.97. The van der Waals surface area contributed by atoms with Crippen LogP contribution >= 0.6 is 0 Å². The lowest BCUT2D eigenvalue weighted by molar-refractivity contribution is -0.118. The van der Waals surface area contributed by atoms with Crippen molar-refractivity contribution in [2.24, 2.45) is 0 Å². The van der Waals surface area contributed by atoms with Crippen molar-refractivity contribution >= 4 is 11.6 Å². The zero-order chi connectivity index (χ0) is 18.8. The average Bonchev–Trinajstić information content (AvgIpc) is 3.12. The van der Waals surface area contributed by atoms with E-state index in [1.54, 1.807) is 11.1 Å². The van der Waals surface area contributed by atoms with E-state index in [1.165, 1.54) is 5.56 Å². The van der Waals surface area contributed by atoms with Gasteiger partial charge in [0, 0.05) is 43.9 Å². The van der Waals surface area contributed by atoms with Gasteiger partial charge in [0.25, 0.3) is 0 Å². The molecule has 4 rings (SSSR count). The van der Waals surface area contributed by atoms with Crippen molar-refractivity contribution in [1.82, 2.24) is 9.88 Å². The first-order valence-corrected chi connectivity index (χ1v) is 9.52. The molecule has 5 heteroatoms. The van der Waals surface area contributed by atoms with Crippen LogP contribution in [0, 0.1) is 0 Å². The number of aromatic nitrogens is 1. The molecule has 1 fully saturated rings. The topological polar surface area (TPSA) is 45.7 Å². The quantitative estimate of drug-likeness (QED) is 0.832. The number of ether oxygens (including phenoxy) is 1. The van der Waals surface area contributed by atoms with Crippen LogP contribution in [0.15, 0.2) is 48.9 Å². The van der Waals surface area contributed by atoms with Crippen LogP contribution in [-0.2, 0) is 11.2 Å². The van der Waals surface area contributed by atoms with Gasteiger partial charge in [0.2, 0.25) is 5.91 Å². The second-order valence-electron chi connectivity index (χ2n) is 7.21. The van der Waals surface area contributed by atoms with Crippen molar-refractivity contribution in [2.75, 3.05) is 25.0 Å². The van der Waals surface area contributed by atoms with Gasteiger partial charge < -0.3 is 14.5 Å². The first-order valence-electron chi connectivity index (χ1n) is 9.52. The van der Waals surface area contributed by atoms with Gasteiger partial charge in [-0.15, -0.1) is 0 Å². The molecule has 3 heterocycles. The third kappa shape index (κ3) is 3.68. The minimum atomic E-state index is 0.177. The summed E-state index contributed by atoms with van der Waals surface area (Å²) in [6.45, 7) is 3.97. The highest BCUT2D eigenvalue weighted by Gasteiger charge is 2.23. The number of allylic oxidation sites excluding steroid dienone is 1. The largest absolute Gasteiger partial charge is 0.487 e. The van der Waals surface area contributed by atoms with Gasteiger partial charge >= 0.3 is 0 Å².